The van der Waals surface area contributed by atoms with E-state index < -0.39 is 0 Å². The van der Waals surface area contributed by atoms with E-state index in [1.807, 2.05) is 11.8 Å². The quantitative estimate of drug-likeness (QED) is 0.879. The molecule has 0 radical (unpaired) electrons. The Morgan fingerprint density at radius 3 is 3.32 bits per heavy atom. The van der Waals surface area contributed by atoms with Crippen LogP contribution in [0.4, 0.5) is 5.13 Å². The van der Waals surface area contributed by atoms with Crippen molar-refractivity contribution >= 4 is 34.1 Å². The number of carbonyl (C=O) groups excluding carboxylic acids is 1. The Bertz CT molecular complexity index is 434. The summed E-state index contributed by atoms with van der Waals surface area (Å²) in [5.41, 5.74) is 1.08. The summed E-state index contributed by atoms with van der Waals surface area (Å²) in [7, 11) is 0. The van der Waals surface area contributed by atoms with E-state index in [0.717, 1.165) is 41.6 Å². The summed E-state index contributed by atoms with van der Waals surface area (Å²) in [4.78, 5) is 17.6. The maximum absolute atomic E-state index is 12.0. The molecule has 0 spiro atoms. The number of rotatable bonds is 3. The van der Waals surface area contributed by atoms with Crippen molar-refractivity contribution in [2.45, 2.75) is 25.5 Å². The molecule has 1 saturated heterocycles. The molecule has 104 valence electrons. The molecule has 1 fully saturated rings. The Kier molecular flexibility index (Phi) is 4.37. The zero-order chi connectivity index (χ0) is 13.1. The molecule has 1 aromatic heterocycles. The third-order valence-corrected chi connectivity index (χ3v) is 5.29. The van der Waals surface area contributed by atoms with Crippen LogP contribution in [0.1, 0.15) is 17.0 Å². The van der Waals surface area contributed by atoms with Crippen LogP contribution >= 0.6 is 23.1 Å². The molecule has 7 heteroatoms. The smallest absolute Gasteiger partial charge is 0.227 e. The molecular weight excluding hydrogens is 282 g/mol. The van der Waals surface area contributed by atoms with Crippen LogP contribution in [0, 0.1) is 0 Å². The number of thioether (sulfide) groups is 1. The third kappa shape index (κ3) is 3.47. The molecule has 0 bridgehead atoms. The lowest BCUT2D eigenvalue weighted by Gasteiger charge is -2.22. The molecular formula is C12H17N3O2S2. The Hall–Kier alpha value is -0.630. The molecule has 2 aliphatic heterocycles. The molecule has 1 amide bonds. The summed E-state index contributed by atoms with van der Waals surface area (Å²) < 4.78 is 5.38. The SMILES string of the molecule is O=C(CC1CSCCN1)Nc1nc2c(s1)COCC2. The fourth-order valence-corrected chi connectivity index (χ4v) is 4.13. The average molecular weight is 299 g/mol. The molecule has 2 aliphatic rings. The number of fused-ring (bicyclic) bond motifs is 1. The molecule has 0 saturated carbocycles. The van der Waals surface area contributed by atoms with E-state index in [1.165, 1.54) is 11.3 Å². The highest BCUT2D eigenvalue weighted by atomic mass is 32.2. The molecule has 19 heavy (non-hydrogen) atoms. The van der Waals surface area contributed by atoms with Crippen LogP contribution in [0.3, 0.4) is 0 Å². The molecule has 2 N–H and O–H groups in total. The van der Waals surface area contributed by atoms with Crippen LogP contribution in [0.5, 0.6) is 0 Å². The highest BCUT2D eigenvalue weighted by Gasteiger charge is 2.19. The number of carbonyl (C=O) groups is 1. The number of hydrogen-bond donors (Lipinski definition) is 2. The summed E-state index contributed by atoms with van der Waals surface area (Å²) in [6, 6.07) is 0.289. The molecule has 3 heterocycles. The fourth-order valence-electron chi connectivity index (χ4n) is 2.22. The van der Waals surface area contributed by atoms with Crippen molar-refractivity contribution in [3.05, 3.63) is 10.6 Å². The number of aromatic nitrogens is 1. The minimum absolute atomic E-state index is 0.0482. The van der Waals surface area contributed by atoms with Crippen molar-refractivity contribution in [1.29, 1.82) is 0 Å². The number of anilines is 1. The lowest BCUT2D eigenvalue weighted by atomic mass is 10.2. The Balaban J connectivity index is 1.55. The highest BCUT2D eigenvalue weighted by Crippen LogP contribution is 2.27. The number of amides is 1. The zero-order valence-electron chi connectivity index (χ0n) is 10.6. The summed E-state index contributed by atoms with van der Waals surface area (Å²) in [6.07, 6.45) is 1.37. The van der Waals surface area contributed by atoms with E-state index in [2.05, 4.69) is 15.6 Å². The fraction of sp³-hybridized carbons (Fsp3) is 0.667. The Morgan fingerprint density at radius 1 is 1.58 bits per heavy atom. The molecule has 0 aromatic carbocycles. The van der Waals surface area contributed by atoms with Crippen molar-refractivity contribution in [1.82, 2.24) is 10.3 Å². The predicted octanol–water partition coefficient (Wildman–Crippen LogP) is 1.25. The van der Waals surface area contributed by atoms with Gasteiger partial charge in [0, 0.05) is 36.9 Å². The van der Waals surface area contributed by atoms with Gasteiger partial charge in [0.2, 0.25) is 5.91 Å². The van der Waals surface area contributed by atoms with Gasteiger partial charge < -0.3 is 15.4 Å². The molecule has 1 unspecified atom stereocenters. The van der Waals surface area contributed by atoms with Gasteiger partial charge in [0.1, 0.15) is 0 Å². The summed E-state index contributed by atoms with van der Waals surface area (Å²) in [6.45, 7) is 2.35. The molecule has 0 aliphatic carbocycles. The largest absolute Gasteiger partial charge is 0.375 e. The van der Waals surface area contributed by atoms with Gasteiger partial charge in [-0.2, -0.15) is 11.8 Å². The summed E-state index contributed by atoms with van der Waals surface area (Å²) in [5, 5.41) is 6.99. The van der Waals surface area contributed by atoms with Crippen LogP contribution in [0.15, 0.2) is 0 Å². The Morgan fingerprint density at radius 2 is 2.53 bits per heavy atom. The third-order valence-electron chi connectivity index (χ3n) is 3.17. The van der Waals surface area contributed by atoms with Crippen molar-refractivity contribution in [3.8, 4) is 0 Å². The van der Waals surface area contributed by atoms with Crippen LogP contribution in [-0.2, 0) is 22.6 Å². The van der Waals surface area contributed by atoms with Gasteiger partial charge in [-0.3, -0.25) is 4.79 Å². The number of ether oxygens (including phenoxy) is 1. The van der Waals surface area contributed by atoms with Gasteiger partial charge >= 0.3 is 0 Å². The van der Waals surface area contributed by atoms with E-state index in [9.17, 15) is 4.79 Å². The lowest BCUT2D eigenvalue weighted by Crippen LogP contribution is -2.39. The first-order valence-electron chi connectivity index (χ1n) is 6.48. The van der Waals surface area contributed by atoms with Gasteiger partial charge in [-0.05, 0) is 0 Å². The predicted molar refractivity (Wildman–Crippen MR) is 77.8 cm³/mol. The molecule has 1 atom stereocenters. The van der Waals surface area contributed by atoms with Crippen LogP contribution in [-0.4, -0.2) is 41.6 Å². The van der Waals surface area contributed by atoms with E-state index in [-0.39, 0.29) is 11.9 Å². The topological polar surface area (TPSA) is 63.2 Å². The number of thiazole rings is 1. The molecule has 5 nitrogen and oxygen atoms in total. The number of hydrogen-bond acceptors (Lipinski definition) is 6. The summed E-state index contributed by atoms with van der Waals surface area (Å²) in [5.74, 6) is 2.19. The van der Waals surface area contributed by atoms with Crippen molar-refractivity contribution in [2.24, 2.45) is 0 Å². The van der Waals surface area contributed by atoms with Gasteiger partial charge in [0.05, 0.1) is 23.8 Å². The average Bonchev–Trinajstić information content (AvgIpc) is 2.81. The second kappa shape index (κ2) is 6.21. The Labute approximate surface area is 120 Å². The maximum Gasteiger partial charge on any atom is 0.227 e. The van der Waals surface area contributed by atoms with E-state index >= 15 is 0 Å². The lowest BCUT2D eigenvalue weighted by molar-refractivity contribution is -0.116. The highest BCUT2D eigenvalue weighted by molar-refractivity contribution is 7.99. The standard InChI is InChI=1S/C12H17N3O2S2/c16-11(5-8-7-18-4-2-13-8)15-12-14-9-1-3-17-6-10(9)19-12/h8,13H,1-7H2,(H,14,15,16). The van der Waals surface area contributed by atoms with Gasteiger partial charge in [-0.1, -0.05) is 11.3 Å². The van der Waals surface area contributed by atoms with Crippen LogP contribution in [0.25, 0.3) is 0 Å². The minimum atomic E-state index is 0.0482. The first kappa shape index (κ1) is 13.4. The van der Waals surface area contributed by atoms with Crippen LogP contribution in [0.2, 0.25) is 0 Å². The zero-order valence-corrected chi connectivity index (χ0v) is 12.2. The second-order valence-electron chi connectivity index (χ2n) is 4.67. The van der Waals surface area contributed by atoms with Gasteiger partial charge in [0.15, 0.2) is 5.13 Å². The number of nitrogens with one attached hydrogen (secondary N) is 2. The minimum Gasteiger partial charge on any atom is -0.375 e. The van der Waals surface area contributed by atoms with Crippen molar-refractivity contribution < 1.29 is 9.53 Å². The summed E-state index contributed by atoms with van der Waals surface area (Å²) >= 11 is 3.43. The first-order valence-corrected chi connectivity index (χ1v) is 8.45. The van der Waals surface area contributed by atoms with E-state index in [4.69, 9.17) is 4.74 Å². The van der Waals surface area contributed by atoms with Gasteiger partial charge in [0.25, 0.3) is 0 Å². The van der Waals surface area contributed by atoms with Gasteiger partial charge in [-0.15, -0.1) is 0 Å². The van der Waals surface area contributed by atoms with Crippen LogP contribution < -0.4 is 10.6 Å². The van der Waals surface area contributed by atoms with Crippen molar-refractivity contribution in [2.75, 3.05) is 30.0 Å². The maximum atomic E-state index is 12.0. The monoisotopic (exact) mass is 299 g/mol. The molecule has 1 aromatic rings. The van der Waals surface area contributed by atoms with E-state index in [1.54, 1.807) is 0 Å². The van der Waals surface area contributed by atoms with E-state index in [0.29, 0.717) is 18.2 Å². The van der Waals surface area contributed by atoms with Gasteiger partial charge in [-0.25, -0.2) is 4.98 Å². The molecule has 3 rings (SSSR count). The first-order chi connectivity index (χ1) is 9.31. The normalized spacial score (nSPS) is 22.8. The number of nitrogens with zero attached hydrogens (tertiary/aromatic N) is 1. The second-order valence-corrected chi connectivity index (χ2v) is 6.90. The van der Waals surface area contributed by atoms with Crippen molar-refractivity contribution in [3.63, 3.8) is 0 Å².